The lowest BCUT2D eigenvalue weighted by atomic mass is 10.0. The number of benzene rings is 3. The Bertz CT molecular complexity index is 1760. The van der Waals surface area contributed by atoms with Crippen molar-refractivity contribution in [1.29, 1.82) is 0 Å². The molecule has 0 bridgehead atoms. The smallest absolute Gasteiger partial charge is 0.229 e. The fourth-order valence-corrected chi connectivity index (χ4v) is 7.20. The van der Waals surface area contributed by atoms with Crippen LogP contribution in [0, 0.1) is 12.8 Å². The van der Waals surface area contributed by atoms with Crippen molar-refractivity contribution in [3.05, 3.63) is 99.7 Å². The van der Waals surface area contributed by atoms with Crippen LogP contribution >= 0.6 is 46.3 Å². The first-order chi connectivity index (χ1) is 20.9. The SMILES string of the molecule is CCCOc1ccc(-c2nn(-c3ccccc3)cc2C2CC2C(=O)Nc2nnc(SCc3ccc(Cl)cc3Cl)s2)cc1C. The summed E-state index contributed by atoms with van der Waals surface area (Å²) < 4.78 is 8.55. The number of amides is 1. The number of carbonyl (C=O) groups is 1. The lowest BCUT2D eigenvalue weighted by Crippen LogP contribution is -2.14. The maximum absolute atomic E-state index is 13.3. The molecule has 11 heteroatoms. The first kappa shape index (κ1) is 29.7. The predicted octanol–water partition coefficient (Wildman–Crippen LogP) is 8.83. The molecule has 2 unspecified atom stereocenters. The van der Waals surface area contributed by atoms with Gasteiger partial charge < -0.3 is 10.1 Å². The number of aryl methyl sites for hydroxylation is 1. The Hall–Kier alpha value is -3.37. The monoisotopic (exact) mass is 649 g/mol. The van der Waals surface area contributed by atoms with Crippen LogP contribution in [0.4, 0.5) is 5.13 Å². The van der Waals surface area contributed by atoms with Gasteiger partial charge in [-0.3, -0.25) is 4.79 Å². The molecule has 43 heavy (non-hydrogen) atoms. The van der Waals surface area contributed by atoms with E-state index in [4.69, 9.17) is 33.0 Å². The van der Waals surface area contributed by atoms with Gasteiger partial charge >= 0.3 is 0 Å². The van der Waals surface area contributed by atoms with Crippen molar-refractivity contribution >= 4 is 57.3 Å². The number of nitrogens with one attached hydrogen (secondary N) is 1. The lowest BCUT2D eigenvalue weighted by molar-refractivity contribution is -0.117. The Kier molecular flexibility index (Phi) is 9.04. The number of para-hydroxylation sites is 1. The van der Waals surface area contributed by atoms with Gasteiger partial charge in [-0.15, -0.1) is 10.2 Å². The van der Waals surface area contributed by atoms with Gasteiger partial charge in [-0.25, -0.2) is 4.68 Å². The molecule has 2 aromatic heterocycles. The van der Waals surface area contributed by atoms with E-state index in [0.717, 1.165) is 56.6 Å². The minimum Gasteiger partial charge on any atom is -0.493 e. The fraction of sp³-hybridized carbons (Fsp3) is 0.250. The number of thioether (sulfide) groups is 1. The molecule has 1 amide bonds. The van der Waals surface area contributed by atoms with Crippen LogP contribution in [0.2, 0.25) is 10.0 Å². The Balaban J connectivity index is 1.17. The molecule has 2 atom stereocenters. The van der Waals surface area contributed by atoms with Gasteiger partial charge in [0.1, 0.15) is 5.75 Å². The van der Waals surface area contributed by atoms with Gasteiger partial charge in [0, 0.05) is 45.0 Å². The highest BCUT2D eigenvalue weighted by atomic mass is 35.5. The van der Waals surface area contributed by atoms with Crippen molar-refractivity contribution in [2.75, 3.05) is 11.9 Å². The van der Waals surface area contributed by atoms with Crippen LogP contribution in [-0.2, 0) is 10.5 Å². The molecule has 1 fully saturated rings. The summed E-state index contributed by atoms with van der Waals surface area (Å²) in [6.07, 6.45) is 3.75. The van der Waals surface area contributed by atoms with Crippen LogP contribution in [0.15, 0.2) is 77.3 Å². The minimum atomic E-state index is -0.173. The van der Waals surface area contributed by atoms with Crippen LogP contribution in [0.5, 0.6) is 5.75 Å². The molecule has 1 N–H and O–H groups in total. The van der Waals surface area contributed by atoms with Gasteiger partial charge in [-0.1, -0.05) is 77.5 Å². The molecule has 220 valence electrons. The van der Waals surface area contributed by atoms with E-state index >= 15 is 0 Å². The summed E-state index contributed by atoms with van der Waals surface area (Å²) in [6, 6.07) is 21.6. The summed E-state index contributed by atoms with van der Waals surface area (Å²) >= 11 is 15.2. The number of carbonyl (C=O) groups excluding carboxylic acids is 1. The van der Waals surface area contributed by atoms with Crippen LogP contribution < -0.4 is 10.1 Å². The summed E-state index contributed by atoms with van der Waals surface area (Å²) in [5.74, 6) is 1.33. The minimum absolute atomic E-state index is 0.0533. The molecule has 1 saturated carbocycles. The summed E-state index contributed by atoms with van der Waals surface area (Å²) in [6.45, 7) is 4.82. The zero-order valence-electron chi connectivity index (χ0n) is 23.6. The van der Waals surface area contributed by atoms with Gasteiger partial charge in [-0.05, 0) is 73.4 Å². The summed E-state index contributed by atoms with van der Waals surface area (Å²) in [5, 5.41) is 18.1. The van der Waals surface area contributed by atoms with E-state index in [0.29, 0.717) is 27.5 Å². The standard InChI is InChI=1S/C32H29Cl2N5O2S2/c1-3-13-41-28-12-10-20(14-19(28)2)29-26(17-39(38-29)23-7-5-4-6-8-23)24-16-25(24)30(40)35-31-36-37-32(43-31)42-18-21-9-11-22(33)15-27(21)34/h4-12,14-15,17,24-25H,3,13,16,18H2,1-2H3,(H,35,36,40). The number of aromatic nitrogens is 4. The third kappa shape index (κ3) is 6.91. The average Bonchev–Trinajstić information content (AvgIpc) is 3.47. The van der Waals surface area contributed by atoms with Crippen molar-refractivity contribution in [3.63, 3.8) is 0 Å². The molecule has 0 saturated heterocycles. The number of hydrogen-bond acceptors (Lipinski definition) is 7. The lowest BCUT2D eigenvalue weighted by Gasteiger charge is -2.10. The second-order valence-corrected chi connectivity index (χ2v) is 13.4. The van der Waals surface area contributed by atoms with Crippen molar-refractivity contribution in [2.45, 2.75) is 42.7 Å². The molecular weight excluding hydrogens is 621 g/mol. The van der Waals surface area contributed by atoms with Gasteiger partial charge in [0.25, 0.3) is 0 Å². The first-order valence-corrected chi connectivity index (χ1v) is 16.5. The number of rotatable bonds is 11. The fourth-order valence-electron chi connectivity index (χ4n) is 4.89. The van der Waals surface area contributed by atoms with E-state index in [1.807, 2.05) is 66.2 Å². The van der Waals surface area contributed by atoms with Gasteiger partial charge in [0.05, 0.1) is 18.0 Å². The van der Waals surface area contributed by atoms with Gasteiger partial charge in [-0.2, -0.15) is 5.10 Å². The molecule has 2 heterocycles. The maximum Gasteiger partial charge on any atom is 0.229 e. The molecule has 1 aliphatic carbocycles. The molecule has 0 spiro atoms. The summed E-state index contributed by atoms with van der Waals surface area (Å²) in [4.78, 5) is 13.3. The number of halogens is 2. The highest BCUT2D eigenvalue weighted by Gasteiger charge is 2.46. The molecule has 7 nitrogen and oxygen atoms in total. The number of anilines is 1. The van der Waals surface area contributed by atoms with Crippen molar-refractivity contribution in [2.24, 2.45) is 5.92 Å². The van der Waals surface area contributed by atoms with E-state index in [1.54, 1.807) is 6.07 Å². The largest absolute Gasteiger partial charge is 0.493 e. The summed E-state index contributed by atoms with van der Waals surface area (Å²) in [7, 11) is 0. The Morgan fingerprint density at radius 1 is 1.12 bits per heavy atom. The van der Waals surface area contributed by atoms with Crippen LogP contribution in [0.1, 0.15) is 42.4 Å². The third-order valence-corrected chi connectivity index (χ3v) is 9.81. The Morgan fingerprint density at radius 2 is 1.95 bits per heavy atom. The number of ether oxygens (including phenoxy) is 1. The van der Waals surface area contributed by atoms with Crippen molar-refractivity contribution in [3.8, 4) is 22.7 Å². The van der Waals surface area contributed by atoms with E-state index in [2.05, 4.69) is 34.7 Å². The Labute approximate surface area is 268 Å². The second-order valence-electron chi connectivity index (χ2n) is 10.4. The highest BCUT2D eigenvalue weighted by molar-refractivity contribution is 8.00. The number of hydrogen-bond donors (Lipinski definition) is 1. The molecule has 0 aliphatic heterocycles. The maximum atomic E-state index is 13.3. The Morgan fingerprint density at radius 3 is 2.72 bits per heavy atom. The number of nitrogens with zero attached hydrogens (tertiary/aromatic N) is 4. The quantitative estimate of drug-likeness (QED) is 0.114. The highest BCUT2D eigenvalue weighted by Crippen LogP contribution is 2.51. The normalized spacial score (nSPS) is 15.8. The predicted molar refractivity (Wildman–Crippen MR) is 175 cm³/mol. The van der Waals surface area contributed by atoms with Crippen molar-refractivity contribution < 1.29 is 9.53 Å². The zero-order valence-corrected chi connectivity index (χ0v) is 26.7. The van der Waals surface area contributed by atoms with Crippen LogP contribution in [0.25, 0.3) is 16.9 Å². The van der Waals surface area contributed by atoms with Crippen LogP contribution in [-0.4, -0.2) is 32.5 Å². The second kappa shape index (κ2) is 13.1. The van der Waals surface area contributed by atoms with Gasteiger partial charge in [0.2, 0.25) is 11.0 Å². The first-order valence-electron chi connectivity index (χ1n) is 14.0. The molecule has 3 aromatic carbocycles. The van der Waals surface area contributed by atoms with E-state index in [-0.39, 0.29) is 17.7 Å². The topological polar surface area (TPSA) is 81.9 Å². The third-order valence-electron chi connectivity index (χ3n) is 7.20. The van der Waals surface area contributed by atoms with Gasteiger partial charge in [0.15, 0.2) is 4.34 Å². The summed E-state index contributed by atoms with van der Waals surface area (Å²) in [5.41, 5.74) is 5.92. The molecule has 1 aliphatic rings. The average molecular weight is 651 g/mol. The zero-order chi connectivity index (χ0) is 29.9. The van der Waals surface area contributed by atoms with E-state index < -0.39 is 0 Å². The molecule has 0 radical (unpaired) electrons. The van der Waals surface area contributed by atoms with Crippen LogP contribution in [0.3, 0.4) is 0 Å². The molecule has 6 rings (SSSR count). The van der Waals surface area contributed by atoms with Crippen molar-refractivity contribution in [1.82, 2.24) is 20.0 Å². The molecule has 5 aromatic rings. The molecular formula is C32H29Cl2N5O2S2. The van der Waals surface area contributed by atoms with E-state index in [9.17, 15) is 4.79 Å². The van der Waals surface area contributed by atoms with E-state index in [1.165, 1.54) is 23.1 Å².